The Morgan fingerprint density at radius 3 is 2.62 bits per heavy atom. The number of piperidine rings is 1. The van der Waals surface area contributed by atoms with E-state index < -0.39 is 10.0 Å². The number of amides is 1. The Balaban J connectivity index is 2.01. The highest BCUT2D eigenvalue weighted by Gasteiger charge is 2.31. The number of sulfonamides is 1. The Morgan fingerprint density at radius 2 is 2.00 bits per heavy atom. The van der Waals surface area contributed by atoms with Gasteiger partial charge in [0.05, 0.1) is 11.7 Å². The van der Waals surface area contributed by atoms with Crippen molar-refractivity contribution in [3.63, 3.8) is 0 Å². The summed E-state index contributed by atoms with van der Waals surface area (Å²) in [5, 5.41) is 2.87. The second-order valence-corrected chi connectivity index (χ2v) is 7.71. The number of nitrogens with one attached hydrogen (secondary N) is 1. The third-order valence-corrected chi connectivity index (χ3v) is 5.68. The first kappa shape index (κ1) is 16.0. The van der Waals surface area contributed by atoms with Crippen molar-refractivity contribution in [1.29, 1.82) is 0 Å². The number of hydrogen-bond acceptors (Lipinski definition) is 3. The molecule has 0 saturated carbocycles. The summed E-state index contributed by atoms with van der Waals surface area (Å²) in [6, 6.07) is 7.59. The van der Waals surface area contributed by atoms with Crippen LogP contribution >= 0.6 is 0 Å². The number of aryl methyl sites for hydroxylation is 1. The molecule has 0 aliphatic carbocycles. The van der Waals surface area contributed by atoms with Crippen LogP contribution in [0.1, 0.15) is 25.3 Å². The van der Waals surface area contributed by atoms with Crippen molar-refractivity contribution in [2.24, 2.45) is 5.92 Å². The molecule has 6 heteroatoms. The van der Waals surface area contributed by atoms with Crippen molar-refractivity contribution in [2.75, 3.05) is 24.2 Å². The summed E-state index contributed by atoms with van der Waals surface area (Å²) in [6.45, 7) is 4.42. The first-order valence-corrected chi connectivity index (χ1v) is 8.88. The molecule has 1 aromatic rings. The molecule has 0 radical (unpaired) electrons. The van der Waals surface area contributed by atoms with Gasteiger partial charge in [-0.15, -0.1) is 0 Å². The van der Waals surface area contributed by atoms with Crippen LogP contribution in [0.4, 0.5) is 5.69 Å². The van der Waals surface area contributed by atoms with Gasteiger partial charge in [0.25, 0.3) is 0 Å². The Morgan fingerprint density at radius 1 is 1.33 bits per heavy atom. The molecule has 2 rings (SSSR count). The van der Waals surface area contributed by atoms with E-state index in [4.69, 9.17) is 0 Å². The molecule has 1 atom stereocenters. The van der Waals surface area contributed by atoms with Crippen molar-refractivity contribution in [1.82, 2.24) is 4.31 Å². The van der Waals surface area contributed by atoms with Crippen molar-refractivity contribution in [3.8, 4) is 0 Å². The molecule has 0 unspecified atom stereocenters. The van der Waals surface area contributed by atoms with Crippen LogP contribution in [0.5, 0.6) is 0 Å². The zero-order valence-corrected chi connectivity index (χ0v) is 13.3. The van der Waals surface area contributed by atoms with Crippen molar-refractivity contribution in [2.45, 2.75) is 26.7 Å². The van der Waals surface area contributed by atoms with E-state index >= 15 is 0 Å². The fraction of sp³-hybridized carbons (Fsp3) is 0.533. The van der Waals surface area contributed by atoms with Gasteiger partial charge in [0, 0.05) is 18.8 Å². The highest BCUT2D eigenvalue weighted by atomic mass is 32.2. The van der Waals surface area contributed by atoms with Crippen molar-refractivity contribution in [3.05, 3.63) is 29.8 Å². The minimum Gasteiger partial charge on any atom is -0.326 e. The van der Waals surface area contributed by atoms with E-state index in [1.807, 2.05) is 31.2 Å². The zero-order chi connectivity index (χ0) is 15.5. The van der Waals surface area contributed by atoms with Crippen LogP contribution in [0.25, 0.3) is 0 Å². The van der Waals surface area contributed by atoms with Crippen LogP contribution in [0.15, 0.2) is 24.3 Å². The molecule has 1 aliphatic rings. The van der Waals surface area contributed by atoms with Crippen LogP contribution in [0.3, 0.4) is 0 Å². The molecule has 1 N–H and O–H groups in total. The number of carbonyl (C=O) groups is 1. The second kappa shape index (κ2) is 6.58. The van der Waals surface area contributed by atoms with Gasteiger partial charge in [-0.25, -0.2) is 12.7 Å². The third kappa shape index (κ3) is 4.04. The lowest BCUT2D eigenvalue weighted by molar-refractivity contribution is -0.120. The molecule has 0 aromatic heterocycles. The molecule has 1 aliphatic heterocycles. The Labute approximate surface area is 126 Å². The minimum absolute atomic E-state index is 0.0826. The van der Waals surface area contributed by atoms with E-state index in [1.54, 1.807) is 6.92 Å². The number of rotatable bonds is 4. The first-order chi connectivity index (χ1) is 9.92. The maximum absolute atomic E-state index is 12.3. The standard InChI is InChI=1S/C15H22N2O3S/c1-3-21(19,20)17-10-4-5-13(11-17)15(18)16-14-8-6-12(2)7-9-14/h6-9,13H,3-5,10-11H2,1-2H3,(H,16,18)/t13-/m0/s1. The zero-order valence-electron chi connectivity index (χ0n) is 12.5. The first-order valence-electron chi connectivity index (χ1n) is 7.27. The van der Waals surface area contributed by atoms with Gasteiger partial charge in [-0.05, 0) is 38.8 Å². The van der Waals surface area contributed by atoms with Gasteiger partial charge >= 0.3 is 0 Å². The van der Waals surface area contributed by atoms with E-state index in [-0.39, 0.29) is 24.1 Å². The van der Waals surface area contributed by atoms with Gasteiger partial charge in [0.1, 0.15) is 0 Å². The molecule has 0 spiro atoms. The molecule has 1 amide bonds. The fourth-order valence-corrected chi connectivity index (χ4v) is 3.65. The smallest absolute Gasteiger partial charge is 0.228 e. The lowest BCUT2D eigenvalue weighted by Gasteiger charge is -2.30. The van der Waals surface area contributed by atoms with Crippen LogP contribution in [0, 0.1) is 12.8 Å². The van der Waals surface area contributed by atoms with E-state index in [0.717, 1.165) is 24.1 Å². The average Bonchev–Trinajstić information content (AvgIpc) is 2.49. The maximum atomic E-state index is 12.3. The number of carbonyl (C=O) groups excluding carboxylic acids is 1. The molecule has 1 saturated heterocycles. The Hall–Kier alpha value is -1.40. The quantitative estimate of drug-likeness (QED) is 0.925. The Bertz CT molecular complexity index is 596. The number of hydrogen-bond donors (Lipinski definition) is 1. The molecular formula is C15H22N2O3S. The van der Waals surface area contributed by atoms with E-state index in [9.17, 15) is 13.2 Å². The molecule has 1 aromatic carbocycles. The lowest BCUT2D eigenvalue weighted by Crippen LogP contribution is -2.44. The minimum atomic E-state index is -3.21. The van der Waals surface area contributed by atoms with Crippen molar-refractivity contribution >= 4 is 21.6 Å². The summed E-state index contributed by atoms with van der Waals surface area (Å²) >= 11 is 0. The molecule has 0 bridgehead atoms. The number of nitrogens with zero attached hydrogens (tertiary/aromatic N) is 1. The highest BCUT2D eigenvalue weighted by Crippen LogP contribution is 2.21. The van der Waals surface area contributed by atoms with Gasteiger partial charge in [0.2, 0.25) is 15.9 Å². The number of benzene rings is 1. The van der Waals surface area contributed by atoms with E-state index in [2.05, 4.69) is 5.32 Å². The van der Waals surface area contributed by atoms with Gasteiger partial charge in [-0.1, -0.05) is 17.7 Å². The summed E-state index contributed by atoms with van der Waals surface area (Å²) in [5.41, 5.74) is 1.88. The van der Waals surface area contributed by atoms with Crippen molar-refractivity contribution < 1.29 is 13.2 Å². The van der Waals surface area contributed by atoms with Crippen LogP contribution < -0.4 is 5.32 Å². The lowest BCUT2D eigenvalue weighted by atomic mass is 9.98. The van der Waals surface area contributed by atoms with Crippen LogP contribution in [-0.2, 0) is 14.8 Å². The SMILES string of the molecule is CCS(=O)(=O)N1CCC[C@H](C(=O)Nc2ccc(C)cc2)C1. The summed E-state index contributed by atoms with van der Waals surface area (Å²) in [5.74, 6) is -0.296. The van der Waals surface area contributed by atoms with E-state index in [1.165, 1.54) is 4.31 Å². The van der Waals surface area contributed by atoms with Crippen LogP contribution in [-0.4, -0.2) is 37.5 Å². The number of anilines is 1. The predicted molar refractivity (Wildman–Crippen MR) is 83.6 cm³/mol. The molecule has 21 heavy (non-hydrogen) atoms. The average molecular weight is 310 g/mol. The van der Waals surface area contributed by atoms with Gasteiger partial charge < -0.3 is 5.32 Å². The summed E-state index contributed by atoms with van der Waals surface area (Å²) < 4.78 is 25.3. The molecule has 1 heterocycles. The third-order valence-electron chi connectivity index (χ3n) is 3.83. The fourth-order valence-electron chi connectivity index (χ4n) is 2.47. The second-order valence-electron chi connectivity index (χ2n) is 5.45. The van der Waals surface area contributed by atoms with E-state index in [0.29, 0.717) is 6.54 Å². The summed E-state index contributed by atoms with van der Waals surface area (Å²) in [7, 11) is -3.21. The molecule has 5 nitrogen and oxygen atoms in total. The summed E-state index contributed by atoms with van der Waals surface area (Å²) in [4.78, 5) is 12.3. The Kier molecular flexibility index (Phi) is 5.00. The predicted octanol–water partition coefficient (Wildman–Crippen LogP) is 2.00. The van der Waals surface area contributed by atoms with Gasteiger partial charge in [-0.2, -0.15) is 0 Å². The maximum Gasteiger partial charge on any atom is 0.228 e. The molecular weight excluding hydrogens is 288 g/mol. The normalized spacial score (nSPS) is 20.2. The monoisotopic (exact) mass is 310 g/mol. The van der Waals surface area contributed by atoms with Crippen LogP contribution in [0.2, 0.25) is 0 Å². The van der Waals surface area contributed by atoms with Gasteiger partial charge in [-0.3, -0.25) is 4.79 Å². The topological polar surface area (TPSA) is 66.5 Å². The molecule has 1 fully saturated rings. The summed E-state index contributed by atoms with van der Waals surface area (Å²) in [6.07, 6.45) is 1.46. The molecule has 116 valence electrons. The van der Waals surface area contributed by atoms with Gasteiger partial charge in [0.15, 0.2) is 0 Å². The largest absolute Gasteiger partial charge is 0.326 e. The highest BCUT2D eigenvalue weighted by molar-refractivity contribution is 7.89.